The molecule has 1 saturated heterocycles. The molecule has 0 amide bonds. The van der Waals surface area contributed by atoms with Gasteiger partial charge in [-0.1, -0.05) is 13.8 Å². The molecule has 7 heteroatoms. The average molecular weight is 431 g/mol. The van der Waals surface area contributed by atoms with Gasteiger partial charge in [0.1, 0.15) is 0 Å². The van der Waals surface area contributed by atoms with Gasteiger partial charge in [0.2, 0.25) is 0 Å². The summed E-state index contributed by atoms with van der Waals surface area (Å²) in [7, 11) is -1.34. The molecule has 1 aliphatic rings. The van der Waals surface area contributed by atoms with Crippen molar-refractivity contribution in [2.75, 3.05) is 32.4 Å². The maximum Gasteiger partial charge on any atom is 0.193 e. The van der Waals surface area contributed by atoms with Crippen molar-refractivity contribution in [3.05, 3.63) is 0 Å². The van der Waals surface area contributed by atoms with Crippen molar-refractivity contribution in [1.29, 1.82) is 0 Å². The van der Waals surface area contributed by atoms with Crippen molar-refractivity contribution in [2.45, 2.75) is 45.8 Å². The van der Waals surface area contributed by atoms with Crippen LogP contribution in [0.5, 0.6) is 0 Å². The number of halogens is 1. The molecule has 0 bridgehead atoms. The smallest absolute Gasteiger partial charge is 0.193 e. The summed E-state index contributed by atoms with van der Waals surface area (Å²) in [5.74, 6) is 0.937. The van der Waals surface area contributed by atoms with Crippen molar-refractivity contribution >= 4 is 39.8 Å². The Balaban J connectivity index is 0.00000400. The Hall–Kier alpha value is -0.0500. The van der Waals surface area contributed by atoms with E-state index in [4.69, 9.17) is 0 Å². The number of hydrogen-bond donors (Lipinski definition) is 1. The van der Waals surface area contributed by atoms with Gasteiger partial charge in [0.25, 0.3) is 0 Å². The van der Waals surface area contributed by atoms with Crippen LogP contribution in [0.25, 0.3) is 0 Å². The summed E-state index contributed by atoms with van der Waals surface area (Å²) in [4.78, 5) is 6.45. The summed E-state index contributed by atoms with van der Waals surface area (Å²) in [6.45, 7) is 12.0. The highest BCUT2D eigenvalue weighted by Crippen LogP contribution is 2.28. The van der Waals surface area contributed by atoms with Crippen LogP contribution in [0.3, 0.4) is 0 Å². The van der Waals surface area contributed by atoms with Gasteiger partial charge in [-0.05, 0) is 32.6 Å². The Bertz CT molecular complexity index is 467. The molecular weight excluding hydrogens is 401 g/mol. The van der Waals surface area contributed by atoms with Crippen LogP contribution < -0.4 is 5.32 Å². The monoisotopic (exact) mass is 431 g/mol. The lowest BCUT2D eigenvalue weighted by Gasteiger charge is -2.24. The third kappa shape index (κ3) is 5.92. The Morgan fingerprint density at radius 3 is 2.29 bits per heavy atom. The molecule has 0 unspecified atom stereocenters. The molecule has 1 fully saturated rings. The zero-order valence-corrected chi connectivity index (χ0v) is 17.2. The Morgan fingerprint density at radius 1 is 1.33 bits per heavy atom. The van der Waals surface area contributed by atoms with Gasteiger partial charge in [0.15, 0.2) is 15.8 Å². The zero-order chi connectivity index (χ0) is 15.6. The summed E-state index contributed by atoms with van der Waals surface area (Å²) in [5.41, 5.74) is 0.301. The van der Waals surface area contributed by atoms with Crippen LogP contribution >= 0.6 is 24.0 Å². The molecule has 0 aromatic rings. The predicted molar refractivity (Wildman–Crippen MR) is 100 cm³/mol. The van der Waals surface area contributed by atoms with E-state index in [1.165, 1.54) is 0 Å². The van der Waals surface area contributed by atoms with Crippen molar-refractivity contribution in [1.82, 2.24) is 10.2 Å². The first-order valence-corrected chi connectivity index (χ1v) is 8.82. The molecule has 1 heterocycles. The normalized spacial score (nSPS) is 19.3. The molecule has 126 valence electrons. The molecule has 1 N–H and O–H groups in total. The summed E-state index contributed by atoms with van der Waals surface area (Å²) in [6, 6.07) is 0. The maximum atomic E-state index is 12.1. The largest absolute Gasteiger partial charge is 0.355 e. The minimum absolute atomic E-state index is 0. The number of nitrogens with one attached hydrogen (secondary N) is 1. The van der Waals surface area contributed by atoms with Crippen LogP contribution in [0.2, 0.25) is 0 Å². The first kappa shape index (κ1) is 20.9. The standard InChI is InChI=1S/C14H29N3O2S.HI/c1-13(2,3)20(18,19)10-8-16-12(15-6)17-9-7-14(4,5)11-17;/h7-11H2,1-6H3,(H,15,16);1H. The summed E-state index contributed by atoms with van der Waals surface area (Å²) in [6.07, 6.45) is 1.13. The zero-order valence-electron chi connectivity index (χ0n) is 14.1. The number of hydrogen-bond acceptors (Lipinski definition) is 3. The van der Waals surface area contributed by atoms with E-state index in [0.717, 1.165) is 25.5 Å². The number of guanidine groups is 1. The second-order valence-electron chi connectivity index (χ2n) is 7.24. The Labute approximate surface area is 146 Å². The summed E-state index contributed by atoms with van der Waals surface area (Å²) >= 11 is 0. The van der Waals surface area contributed by atoms with Crippen molar-refractivity contribution in [2.24, 2.45) is 10.4 Å². The lowest BCUT2D eigenvalue weighted by molar-refractivity contribution is 0.370. The van der Waals surface area contributed by atoms with E-state index < -0.39 is 14.6 Å². The number of likely N-dealkylation sites (tertiary alicyclic amines) is 1. The highest BCUT2D eigenvalue weighted by Gasteiger charge is 2.32. The Morgan fingerprint density at radius 2 is 1.90 bits per heavy atom. The van der Waals surface area contributed by atoms with Crippen LogP contribution in [-0.2, 0) is 9.84 Å². The SMILES string of the molecule is CN=C(NCCS(=O)(=O)C(C)(C)C)N1CCC(C)(C)C1.I. The van der Waals surface area contributed by atoms with Gasteiger partial charge in [-0.25, -0.2) is 8.42 Å². The fraction of sp³-hybridized carbons (Fsp3) is 0.929. The fourth-order valence-corrected chi connectivity index (χ4v) is 3.21. The van der Waals surface area contributed by atoms with E-state index in [-0.39, 0.29) is 29.7 Å². The van der Waals surface area contributed by atoms with Gasteiger partial charge >= 0.3 is 0 Å². The third-order valence-electron chi connectivity index (χ3n) is 3.78. The maximum absolute atomic E-state index is 12.1. The van der Waals surface area contributed by atoms with E-state index >= 15 is 0 Å². The quantitative estimate of drug-likeness (QED) is 0.423. The summed E-state index contributed by atoms with van der Waals surface area (Å²) < 4.78 is 23.4. The Kier molecular flexibility index (Phi) is 7.46. The highest BCUT2D eigenvalue weighted by atomic mass is 127. The van der Waals surface area contributed by atoms with E-state index in [1.807, 2.05) is 0 Å². The first-order valence-electron chi connectivity index (χ1n) is 7.16. The number of aliphatic imine (C=N–C) groups is 1. The lowest BCUT2D eigenvalue weighted by atomic mass is 9.93. The number of nitrogens with zero attached hydrogens (tertiary/aromatic N) is 2. The van der Waals surface area contributed by atoms with Crippen LogP contribution in [0.1, 0.15) is 41.0 Å². The molecule has 0 spiro atoms. The fourth-order valence-electron chi connectivity index (χ4n) is 2.23. The van der Waals surface area contributed by atoms with Gasteiger partial charge in [-0.15, -0.1) is 24.0 Å². The molecule has 1 aliphatic heterocycles. The van der Waals surface area contributed by atoms with Crippen molar-refractivity contribution in [3.8, 4) is 0 Å². The minimum atomic E-state index is -3.08. The van der Waals surface area contributed by atoms with Gasteiger partial charge in [0, 0.05) is 26.7 Å². The van der Waals surface area contributed by atoms with Crippen LogP contribution in [0.4, 0.5) is 0 Å². The second-order valence-corrected chi connectivity index (χ2v) is 10.1. The molecule has 0 atom stereocenters. The molecule has 0 aromatic heterocycles. The molecule has 0 saturated carbocycles. The van der Waals surface area contributed by atoms with Crippen LogP contribution in [-0.4, -0.2) is 56.5 Å². The van der Waals surface area contributed by atoms with E-state index in [1.54, 1.807) is 27.8 Å². The predicted octanol–water partition coefficient (Wildman–Crippen LogP) is 2.13. The first-order chi connectivity index (χ1) is 8.98. The molecule has 0 aliphatic carbocycles. The van der Waals surface area contributed by atoms with Gasteiger partial charge in [0.05, 0.1) is 10.5 Å². The lowest BCUT2D eigenvalue weighted by Crippen LogP contribution is -2.43. The van der Waals surface area contributed by atoms with Crippen LogP contribution in [0.15, 0.2) is 4.99 Å². The molecule has 21 heavy (non-hydrogen) atoms. The molecule has 0 aromatic carbocycles. The van der Waals surface area contributed by atoms with E-state index in [0.29, 0.717) is 12.0 Å². The molecular formula is C14H30IN3O2S. The second kappa shape index (κ2) is 7.48. The van der Waals surface area contributed by atoms with Gasteiger partial charge in [-0.3, -0.25) is 4.99 Å². The number of sulfone groups is 1. The summed E-state index contributed by atoms with van der Waals surface area (Å²) in [5, 5.41) is 3.17. The topological polar surface area (TPSA) is 61.8 Å². The highest BCUT2D eigenvalue weighted by molar-refractivity contribution is 14.0. The van der Waals surface area contributed by atoms with Gasteiger partial charge in [-0.2, -0.15) is 0 Å². The molecule has 5 nitrogen and oxygen atoms in total. The number of rotatable bonds is 3. The van der Waals surface area contributed by atoms with Crippen LogP contribution in [0, 0.1) is 5.41 Å². The molecule has 1 rings (SSSR count). The van der Waals surface area contributed by atoms with Gasteiger partial charge < -0.3 is 10.2 Å². The third-order valence-corrected chi connectivity index (χ3v) is 6.38. The van der Waals surface area contributed by atoms with E-state index in [2.05, 4.69) is 29.1 Å². The average Bonchev–Trinajstić information content (AvgIpc) is 2.63. The van der Waals surface area contributed by atoms with Crippen molar-refractivity contribution in [3.63, 3.8) is 0 Å². The van der Waals surface area contributed by atoms with E-state index in [9.17, 15) is 8.42 Å². The minimum Gasteiger partial charge on any atom is -0.355 e. The molecule has 0 radical (unpaired) electrons. The van der Waals surface area contributed by atoms with Crippen molar-refractivity contribution < 1.29 is 8.42 Å².